The minimum Gasteiger partial charge on any atom is -0.344 e. The third-order valence-corrected chi connectivity index (χ3v) is 2.96. The summed E-state index contributed by atoms with van der Waals surface area (Å²) in [6.07, 6.45) is 1.49. The highest BCUT2D eigenvalue weighted by molar-refractivity contribution is 6.35. The Morgan fingerprint density at radius 3 is 2.36 bits per heavy atom. The Morgan fingerprint density at radius 2 is 1.68 bits per heavy atom. The number of rotatable bonds is 4. The van der Waals surface area contributed by atoms with Gasteiger partial charge in [-0.3, -0.25) is 9.59 Å². The largest absolute Gasteiger partial charge is 0.344 e. The Labute approximate surface area is 129 Å². The second-order valence-electron chi connectivity index (χ2n) is 4.78. The molecule has 0 aliphatic rings. The van der Waals surface area contributed by atoms with Gasteiger partial charge < -0.3 is 5.32 Å². The van der Waals surface area contributed by atoms with Gasteiger partial charge in [0.1, 0.15) is 0 Å². The lowest BCUT2D eigenvalue weighted by Gasteiger charge is -2.03. The molecule has 0 fully saturated rings. The van der Waals surface area contributed by atoms with Crippen LogP contribution in [0.3, 0.4) is 0 Å². The molecular formula is C17H17N3O2. The molecule has 0 heterocycles. The maximum atomic E-state index is 11.6. The number of hydrogen-bond donors (Lipinski definition) is 2. The van der Waals surface area contributed by atoms with E-state index in [-0.39, 0.29) is 0 Å². The monoisotopic (exact) mass is 295 g/mol. The molecule has 0 aliphatic heterocycles. The Kier molecular flexibility index (Phi) is 5.43. The number of amides is 2. The summed E-state index contributed by atoms with van der Waals surface area (Å²) in [4.78, 5) is 23.2. The van der Waals surface area contributed by atoms with Crippen LogP contribution in [0.1, 0.15) is 16.7 Å². The maximum absolute atomic E-state index is 11.6. The van der Waals surface area contributed by atoms with Gasteiger partial charge in [-0.05, 0) is 18.1 Å². The fraction of sp³-hybridized carbons (Fsp3) is 0.118. The molecule has 2 aromatic rings. The van der Waals surface area contributed by atoms with Gasteiger partial charge in [0, 0.05) is 6.54 Å². The van der Waals surface area contributed by atoms with Crippen molar-refractivity contribution >= 4 is 18.0 Å². The molecule has 2 aromatic carbocycles. The van der Waals surface area contributed by atoms with Crippen molar-refractivity contribution in [3.63, 3.8) is 0 Å². The topological polar surface area (TPSA) is 70.6 Å². The summed E-state index contributed by atoms with van der Waals surface area (Å²) in [5, 5.41) is 6.29. The molecule has 0 saturated carbocycles. The molecule has 0 aliphatic carbocycles. The van der Waals surface area contributed by atoms with Crippen LogP contribution in [0.4, 0.5) is 0 Å². The van der Waals surface area contributed by atoms with Crippen LogP contribution in [-0.4, -0.2) is 18.0 Å². The smallest absolute Gasteiger partial charge is 0.329 e. The Bertz CT molecular complexity index is 664. The molecule has 2 amide bonds. The van der Waals surface area contributed by atoms with Crippen LogP contribution in [0, 0.1) is 6.92 Å². The zero-order valence-corrected chi connectivity index (χ0v) is 12.2. The lowest BCUT2D eigenvalue weighted by Crippen LogP contribution is -2.37. The fourth-order valence-electron chi connectivity index (χ4n) is 1.73. The molecule has 0 saturated heterocycles. The van der Waals surface area contributed by atoms with Crippen molar-refractivity contribution in [1.82, 2.24) is 10.7 Å². The van der Waals surface area contributed by atoms with Crippen molar-refractivity contribution in [2.24, 2.45) is 5.10 Å². The van der Waals surface area contributed by atoms with E-state index in [9.17, 15) is 9.59 Å². The fourth-order valence-corrected chi connectivity index (χ4v) is 1.73. The van der Waals surface area contributed by atoms with Crippen molar-refractivity contribution in [1.29, 1.82) is 0 Å². The third kappa shape index (κ3) is 4.86. The van der Waals surface area contributed by atoms with E-state index in [1.54, 1.807) is 0 Å². The van der Waals surface area contributed by atoms with Gasteiger partial charge in [0.25, 0.3) is 0 Å². The molecule has 0 atom stereocenters. The van der Waals surface area contributed by atoms with Crippen molar-refractivity contribution in [2.45, 2.75) is 13.5 Å². The summed E-state index contributed by atoms with van der Waals surface area (Å²) >= 11 is 0. The maximum Gasteiger partial charge on any atom is 0.329 e. The van der Waals surface area contributed by atoms with Crippen LogP contribution in [0.5, 0.6) is 0 Å². The minimum absolute atomic E-state index is 0.300. The van der Waals surface area contributed by atoms with E-state index in [1.807, 2.05) is 61.5 Å². The van der Waals surface area contributed by atoms with E-state index < -0.39 is 11.8 Å². The number of nitrogens with one attached hydrogen (secondary N) is 2. The Balaban J connectivity index is 1.79. The van der Waals surface area contributed by atoms with Crippen LogP contribution in [0.2, 0.25) is 0 Å². The zero-order chi connectivity index (χ0) is 15.8. The molecule has 0 spiro atoms. The normalized spacial score (nSPS) is 10.4. The molecule has 5 nitrogen and oxygen atoms in total. The average molecular weight is 295 g/mol. The Hall–Kier alpha value is -2.95. The summed E-state index contributed by atoms with van der Waals surface area (Å²) in [6.45, 7) is 2.29. The number of aryl methyl sites for hydroxylation is 1. The van der Waals surface area contributed by atoms with Crippen molar-refractivity contribution in [2.75, 3.05) is 0 Å². The summed E-state index contributed by atoms with van der Waals surface area (Å²) in [6, 6.07) is 17.0. The van der Waals surface area contributed by atoms with Gasteiger partial charge in [0.05, 0.1) is 6.21 Å². The summed E-state index contributed by atoms with van der Waals surface area (Å²) in [5.74, 6) is -1.51. The lowest BCUT2D eigenvalue weighted by atomic mass is 10.2. The van der Waals surface area contributed by atoms with Crippen LogP contribution in [0.15, 0.2) is 59.7 Å². The molecule has 22 heavy (non-hydrogen) atoms. The molecule has 0 bridgehead atoms. The van der Waals surface area contributed by atoms with Gasteiger partial charge in [-0.15, -0.1) is 0 Å². The van der Waals surface area contributed by atoms with Crippen molar-refractivity contribution < 1.29 is 9.59 Å². The van der Waals surface area contributed by atoms with Crippen LogP contribution < -0.4 is 10.7 Å². The molecule has 2 rings (SSSR count). The number of carbonyl (C=O) groups is 2. The first-order valence-corrected chi connectivity index (χ1v) is 6.87. The first-order valence-electron chi connectivity index (χ1n) is 6.87. The van der Waals surface area contributed by atoms with Crippen LogP contribution in [0.25, 0.3) is 0 Å². The van der Waals surface area contributed by atoms with E-state index in [2.05, 4.69) is 15.8 Å². The van der Waals surface area contributed by atoms with E-state index in [4.69, 9.17) is 0 Å². The van der Waals surface area contributed by atoms with E-state index >= 15 is 0 Å². The summed E-state index contributed by atoms with van der Waals surface area (Å²) in [5.41, 5.74) is 5.11. The second kappa shape index (κ2) is 7.73. The van der Waals surface area contributed by atoms with Crippen molar-refractivity contribution in [3.8, 4) is 0 Å². The molecule has 0 unspecified atom stereocenters. The molecule has 0 radical (unpaired) electrons. The third-order valence-electron chi connectivity index (χ3n) is 2.96. The summed E-state index contributed by atoms with van der Waals surface area (Å²) in [7, 11) is 0. The zero-order valence-electron chi connectivity index (χ0n) is 12.2. The minimum atomic E-state index is -0.792. The van der Waals surface area contributed by atoms with Gasteiger partial charge in [0.2, 0.25) is 0 Å². The Morgan fingerprint density at radius 1 is 1.00 bits per heavy atom. The average Bonchev–Trinajstić information content (AvgIpc) is 2.55. The molecular weight excluding hydrogens is 278 g/mol. The first-order chi connectivity index (χ1) is 10.6. The van der Waals surface area contributed by atoms with Crippen molar-refractivity contribution in [3.05, 3.63) is 71.3 Å². The van der Waals surface area contributed by atoms with E-state index in [0.29, 0.717) is 6.54 Å². The number of hydrazone groups is 1. The van der Waals surface area contributed by atoms with Crippen LogP contribution >= 0.6 is 0 Å². The van der Waals surface area contributed by atoms with E-state index in [1.165, 1.54) is 6.21 Å². The van der Waals surface area contributed by atoms with Gasteiger partial charge in [-0.25, -0.2) is 5.43 Å². The molecule has 112 valence electrons. The number of benzene rings is 2. The molecule has 2 N–H and O–H groups in total. The van der Waals surface area contributed by atoms with Crippen LogP contribution in [-0.2, 0) is 16.1 Å². The molecule has 0 aromatic heterocycles. The quantitative estimate of drug-likeness (QED) is 0.512. The standard InChI is InChI=1S/C17H17N3O2/c1-13-7-9-15(10-8-13)12-19-20-17(22)16(21)18-11-14-5-3-2-4-6-14/h2-10,12H,11H2,1H3,(H,18,21)(H,20,22)/b19-12-. The SMILES string of the molecule is Cc1ccc(/C=N\NC(=O)C(=O)NCc2ccccc2)cc1. The highest BCUT2D eigenvalue weighted by Crippen LogP contribution is 2.00. The summed E-state index contributed by atoms with van der Waals surface area (Å²) < 4.78 is 0. The highest BCUT2D eigenvalue weighted by Gasteiger charge is 2.11. The number of carbonyl (C=O) groups excluding carboxylic acids is 2. The van der Waals surface area contributed by atoms with Gasteiger partial charge >= 0.3 is 11.8 Å². The van der Waals surface area contributed by atoms with E-state index in [0.717, 1.165) is 16.7 Å². The predicted octanol–water partition coefficient (Wildman–Crippen LogP) is 1.76. The lowest BCUT2D eigenvalue weighted by molar-refractivity contribution is -0.139. The highest BCUT2D eigenvalue weighted by atomic mass is 16.2. The molecule has 5 heteroatoms. The van der Waals surface area contributed by atoms with Gasteiger partial charge in [0.15, 0.2) is 0 Å². The number of hydrogen-bond acceptors (Lipinski definition) is 3. The number of nitrogens with zero attached hydrogens (tertiary/aromatic N) is 1. The predicted molar refractivity (Wildman–Crippen MR) is 85.2 cm³/mol. The first kappa shape index (κ1) is 15.4. The second-order valence-corrected chi connectivity index (χ2v) is 4.78. The van der Waals surface area contributed by atoms with Gasteiger partial charge in [-0.2, -0.15) is 5.10 Å². The van der Waals surface area contributed by atoms with Gasteiger partial charge in [-0.1, -0.05) is 60.2 Å².